The molecule has 106 valence electrons. The fourth-order valence-corrected chi connectivity index (χ4v) is 4.22. The molecule has 1 aromatic rings. The molecule has 0 aliphatic carbocycles. The quantitative estimate of drug-likeness (QED) is 0.920. The third kappa shape index (κ3) is 3.09. The Hall–Kier alpha value is -1.07. The fourth-order valence-electron chi connectivity index (χ4n) is 2.58. The first-order valence-corrected chi connectivity index (χ1v) is 8.18. The van der Waals surface area contributed by atoms with Gasteiger partial charge in [0.2, 0.25) is 10.0 Å². The van der Waals surface area contributed by atoms with E-state index in [2.05, 4.69) is 5.32 Å². The molecule has 0 saturated carbocycles. The largest absolute Gasteiger partial charge is 0.315 e. The number of nitrogens with zero attached hydrogens (tertiary/aromatic N) is 1. The van der Waals surface area contributed by atoms with Crippen molar-refractivity contribution in [3.63, 3.8) is 0 Å². The van der Waals surface area contributed by atoms with Crippen molar-refractivity contribution in [2.75, 3.05) is 24.4 Å². The van der Waals surface area contributed by atoms with Crippen LogP contribution in [0.15, 0.2) is 18.2 Å². The second kappa shape index (κ2) is 5.51. The molecule has 1 saturated heterocycles. The van der Waals surface area contributed by atoms with Gasteiger partial charge < -0.3 is 5.32 Å². The monoisotopic (exact) mass is 282 g/mol. The molecule has 1 heterocycles. The van der Waals surface area contributed by atoms with E-state index in [9.17, 15) is 8.42 Å². The number of anilines is 1. The van der Waals surface area contributed by atoms with Crippen LogP contribution in [0.1, 0.15) is 24.0 Å². The number of sulfonamides is 1. The van der Waals surface area contributed by atoms with Gasteiger partial charge in [0, 0.05) is 13.6 Å². The predicted octanol–water partition coefficient (Wildman–Crippen LogP) is 1.82. The Bertz CT molecular complexity index is 528. The van der Waals surface area contributed by atoms with E-state index in [1.54, 1.807) is 7.05 Å². The SMILES string of the molecule is Cc1cc(C)cc(N(C)S(=O)(=O)C2CCCNC2)c1. The highest BCUT2D eigenvalue weighted by Gasteiger charge is 2.31. The van der Waals surface area contributed by atoms with Crippen molar-refractivity contribution in [3.05, 3.63) is 29.3 Å². The van der Waals surface area contributed by atoms with E-state index >= 15 is 0 Å². The second-order valence-corrected chi connectivity index (χ2v) is 7.57. The van der Waals surface area contributed by atoms with Crippen molar-refractivity contribution in [2.45, 2.75) is 31.9 Å². The van der Waals surface area contributed by atoms with Crippen LogP contribution >= 0.6 is 0 Å². The van der Waals surface area contributed by atoms with Gasteiger partial charge in [-0.2, -0.15) is 0 Å². The first kappa shape index (κ1) is 14.3. The zero-order chi connectivity index (χ0) is 14.0. The molecule has 1 aromatic carbocycles. The van der Waals surface area contributed by atoms with Crippen LogP contribution in [0.25, 0.3) is 0 Å². The Morgan fingerprint density at radius 3 is 2.37 bits per heavy atom. The highest BCUT2D eigenvalue weighted by molar-refractivity contribution is 7.93. The number of piperidine rings is 1. The van der Waals surface area contributed by atoms with Crippen molar-refractivity contribution in [1.29, 1.82) is 0 Å². The number of hydrogen-bond acceptors (Lipinski definition) is 3. The van der Waals surface area contributed by atoms with Gasteiger partial charge in [0.1, 0.15) is 0 Å². The third-order valence-corrected chi connectivity index (χ3v) is 5.84. The van der Waals surface area contributed by atoms with Crippen LogP contribution < -0.4 is 9.62 Å². The molecule has 5 heteroatoms. The highest BCUT2D eigenvalue weighted by atomic mass is 32.2. The Labute approximate surface area is 115 Å². The Kier molecular flexibility index (Phi) is 4.16. The van der Waals surface area contributed by atoms with Gasteiger partial charge in [-0.25, -0.2) is 8.42 Å². The molecule has 1 atom stereocenters. The number of nitrogens with one attached hydrogen (secondary N) is 1. The van der Waals surface area contributed by atoms with E-state index in [1.165, 1.54) is 4.31 Å². The summed E-state index contributed by atoms with van der Waals surface area (Å²) in [7, 11) is -1.63. The predicted molar refractivity (Wildman–Crippen MR) is 79.1 cm³/mol. The molecule has 1 aliphatic rings. The van der Waals surface area contributed by atoms with Crippen molar-refractivity contribution in [3.8, 4) is 0 Å². The molecular formula is C14H22N2O2S. The molecule has 0 spiro atoms. The lowest BCUT2D eigenvalue weighted by molar-refractivity contribution is 0.496. The molecule has 0 amide bonds. The maximum atomic E-state index is 12.6. The molecule has 2 rings (SSSR count). The molecule has 19 heavy (non-hydrogen) atoms. The molecule has 1 unspecified atom stereocenters. The number of hydrogen-bond donors (Lipinski definition) is 1. The van der Waals surface area contributed by atoms with E-state index in [-0.39, 0.29) is 5.25 Å². The summed E-state index contributed by atoms with van der Waals surface area (Å²) in [4.78, 5) is 0. The maximum absolute atomic E-state index is 12.6. The van der Waals surface area contributed by atoms with Crippen LogP contribution in [0, 0.1) is 13.8 Å². The van der Waals surface area contributed by atoms with Gasteiger partial charge >= 0.3 is 0 Å². The van der Waals surface area contributed by atoms with Gasteiger partial charge in [0.25, 0.3) is 0 Å². The minimum atomic E-state index is -3.28. The minimum Gasteiger partial charge on any atom is -0.315 e. The van der Waals surface area contributed by atoms with Crippen LogP contribution in [0.3, 0.4) is 0 Å². The number of benzene rings is 1. The number of aryl methyl sites for hydroxylation is 2. The normalized spacial score (nSPS) is 20.3. The summed E-state index contributed by atoms with van der Waals surface area (Å²) in [5.74, 6) is 0. The van der Waals surface area contributed by atoms with Gasteiger partial charge in [0.15, 0.2) is 0 Å². The fraction of sp³-hybridized carbons (Fsp3) is 0.571. The van der Waals surface area contributed by atoms with E-state index in [0.29, 0.717) is 6.54 Å². The standard InChI is InChI=1S/C14H22N2O2S/c1-11-7-12(2)9-13(8-11)16(3)19(17,18)14-5-4-6-15-10-14/h7-9,14-15H,4-6,10H2,1-3H3. The summed E-state index contributed by atoms with van der Waals surface area (Å²) in [6, 6.07) is 5.88. The summed E-state index contributed by atoms with van der Waals surface area (Å²) in [6.45, 7) is 5.44. The number of rotatable bonds is 3. The topological polar surface area (TPSA) is 49.4 Å². The minimum absolute atomic E-state index is 0.313. The lowest BCUT2D eigenvalue weighted by Crippen LogP contribution is -2.45. The van der Waals surface area contributed by atoms with Crippen molar-refractivity contribution >= 4 is 15.7 Å². The molecular weight excluding hydrogens is 260 g/mol. The van der Waals surface area contributed by atoms with E-state index in [0.717, 1.165) is 36.2 Å². The van der Waals surface area contributed by atoms with Gasteiger partial charge in [-0.05, 0) is 56.5 Å². The Balaban J connectivity index is 2.28. The summed E-state index contributed by atoms with van der Waals surface area (Å²) in [6.07, 6.45) is 1.66. The Morgan fingerprint density at radius 1 is 1.21 bits per heavy atom. The van der Waals surface area contributed by atoms with Crippen LogP contribution in [0.4, 0.5) is 5.69 Å². The summed E-state index contributed by atoms with van der Waals surface area (Å²) in [5, 5.41) is 2.85. The first-order chi connectivity index (χ1) is 8.91. The highest BCUT2D eigenvalue weighted by Crippen LogP contribution is 2.24. The van der Waals surface area contributed by atoms with Crippen molar-refractivity contribution < 1.29 is 8.42 Å². The van der Waals surface area contributed by atoms with Gasteiger partial charge in [-0.3, -0.25) is 4.31 Å². The van der Waals surface area contributed by atoms with Crippen LogP contribution in [-0.4, -0.2) is 33.8 Å². The Morgan fingerprint density at radius 2 is 1.84 bits per heavy atom. The molecule has 1 aliphatic heterocycles. The van der Waals surface area contributed by atoms with Gasteiger partial charge in [0.05, 0.1) is 10.9 Å². The van der Waals surface area contributed by atoms with Crippen LogP contribution in [0.5, 0.6) is 0 Å². The first-order valence-electron chi connectivity index (χ1n) is 6.68. The van der Waals surface area contributed by atoms with E-state index in [4.69, 9.17) is 0 Å². The molecule has 0 bridgehead atoms. The van der Waals surface area contributed by atoms with Crippen molar-refractivity contribution in [2.24, 2.45) is 0 Å². The smallest absolute Gasteiger partial charge is 0.239 e. The average Bonchev–Trinajstić information content (AvgIpc) is 2.37. The molecule has 0 radical (unpaired) electrons. The summed E-state index contributed by atoms with van der Waals surface area (Å²) in [5.41, 5.74) is 2.92. The summed E-state index contributed by atoms with van der Waals surface area (Å²) >= 11 is 0. The molecule has 0 aromatic heterocycles. The van der Waals surface area contributed by atoms with E-state index in [1.807, 2.05) is 32.0 Å². The molecule has 1 N–H and O–H groups in total. The van der Waals surface area contributed by atoms with Gasteiger partial charge in [-0.15, -0.1) is 0 Å². The zero-order valence-corrected chi connectivity index (χ0v) is 12.6. The van der Waals surface area contributed by atoms with E-state index < -0.39 is 10.0 Å². The lowest BCUT2D eigenvalue weighted by atomic mass is 10.1. The zero-order valence-electron chi connectivity index (χ0n) is 11.8. The molecule has 4 nitrogen and oxygen atoms in total. The van der Waals surface area contributed by atoms with Crippen molar-refractivity contribution in [1.82, 2.24) is 5.32 Å². The lowest BCUT2D eigenvalue weighted by Gasteiger charge is -2.29. The second-order valence-electron chi connectivity index (χ2n) is 5.33. The maximum Gasteiger partial charge on any atom is 0.239 e. The van der Waals surface area contributed by atoms with Gasteiger partial charge in [-0.1, -0.05) is 6.07 Å². The molecule has 1 fully saturated rings. The van der Waals surface area contributed by atoms with Crippen LogP contribution in [0.2, 0.25) is 0 Å². The van der Waals surface area contributed by atoms with Crippen LogP contribution in [-0.2, 0) is 10.0 Å². The third-order valence-electron chi connectivity index (χ3n) is 3.62. The summed E-state index contributed by atoms with van der Waals surface area (Å²) < 4.78 is 26.6. The average molecular weight is 282 g/mol.